The number of rotatable bonds is 3. The Kier molecular flexibility index (Phi) is 4.34. The van der Waals surface area contributed by atoms with Crippen LogP contribution in [0.5, 0.6) is 0 Å². The highest BCUT2D eigenvalue weighted by Crippen LogP contribution is 2.22. The van der Waals surface area contributed by atoms with Crippen LogP contribution in [0.25, 0.3) is 11.3 Å². The molecule has 1 aromatic carbocycles. The summed E-state index contributed by atoms with van der Waals surface area (Å²) in [7, 11) is 4.24. The van der Waals surface area contributed by atoms with E-state index in [-0.39, 0.29) is 5.82 Å². The van der Waals surface area contributed by atoms with Crippen LogP contribution in [0.1, 0.15) is 12.8 Å². The van der Waals surface area contributed by atoms with Gasteiger partial charge in [0.1, 0.15) is 5.82 Å². The molecule has 1 unspecified atom stereocenters. The summed E-state index contributed by atoms with van der Waals surface area (Å²) in [6.07, 6.45) is 2.40. The maximum absolute atomic E-state index is 13.0. The molecule has 4 nitrogen and oxygen atoms in total. The van der Waals surface area contributed by atoms with E-state index in [9.17, 15) is 4.39 Å². The Morgan fingerprint density at radius 3 is 2.50 bits per heavy atom. The number of aromatic nitrogens is 2. The first-order valence-electron chi connectivity index (χ1n) is 7.64. The van der Waals surface area contributed by atoms with E-state index in [1.165, 1.54) is 25.0 Å². The van der Waals surface area contributed by atoms with Crippen molar-refractivity contribution < 1.29 is 4.39 Å². The van der Waals surface area contributed by atoms with Crippen molar-refractivity contribution in [2.24, 2.45) is 0 Å². The van der Waals surface area contributed by atoms with Gasteiger partial charge in [-0.15, -0.1) is 10.2 Å². The molecule has 1 aromatic heterocycles. The standard InChI is InChI=1S/C17H21FN4/c1-21(2)15-4-3-11-22(12-15)17-10-9-16(19-20-17)13-5-7-14(18)8-6-13/h5-10,15H,3-4,11-12H2,1-2H3. The number of hydrogen-bond acceptors (Lipinski definition) is 4. The van der Waals surface area contributed by atoms with Gasteiger partial charge in [0.05, 0.1) is 5.69 Å². The Labute approximate surface area is 130 Å². The highest BCUT2D eigenvalue weighted by atomic mass is 19.1. The largest absolute Gasteiger partial charge is 0.354 e. The molecule has 0 amide bonds. The molecule has 2 heterocycles. The van der Waals surface area contributed by atoms with Gasteiger partial charge in [-0.1, -0.05) is 0 Å². The molecular weight excluding hydrogens is 279 g/mol. The Bertz CT molecular complexity index is 610. The van der Waals surface area contributed by atoms with E-state index < -0.39 is 0 Å². The maximum Gasteiger partial charge on any atom is 0.151 e. The highest BCUT2D eigenvalue weighted by molar-refractivity contribution is 5.59. The van der Waals surface area contributed by atoms with Gasteiger partial charge >= 0.3 is 0 Å². The molecule has 0 spiro atoms. The highest BCUT2D eigenvalue weighted by Gasteiger charge is 2.22. The molecule has 1 saturated heterocycles. The molecule has 116 valence electrons. The minimum absolute atomic E-state index is 0.239. The topological polar surface area (TPSA) is 32.3 Å². The fourth-order valence-electron chi connectivity index (χ4n) is 2.85. The van der Waals surface area contributed by atoms with Crippen LogP contribution in [0.2, 0.25) is 0 Å². The molecular formula is C17H21FN4. The molecule has 0 aliphatic carbocycles. The van der Waals surface area contributed by atoms with E-state index in [0.29, 0.717) is 6.04 Å². The summed E-state index contributed by atoms with van der Waals surface area (Å²) >= 11 is 0. The SMILES string of the molecule is CN(C)C1CCCN(c2ccc(-c3ccc(F)cc3)nn2)C1. The molecule has 3 rings (SSSR count). The van der Waals surface area contributed by atoms with Gasteiger partial charge in [-0.25, -0.2) is 4.39 Å². The molecule has 2 aromatic rings. The van der Waals surface area contributed by atoms with Gasteiger partial charge in [0, 0.05) is 24.7 Å². The molecule has 0 N–H and O–H groups in total. The lowest BCUT2D eigenvalue weighted by Gasteiger charge is -2.36. The van der Waals surface area contributed by atoms with Crippen LogP contribution in [0.15, 0.2) is 36.4 Å². The zero-order valence-electron chi connectivity index (χ0n) is 13.0. The van der Waals surface area contributed by atoms with Crippen LogP contribution in [-0.4, -0.2) is 48.3 Å². The van der Waals surface area contributed by atoms with Gasteiger partial charge in [-0.05, 0) is 63.3 Å². The molecule has 0 saturated carbocycles. The number of nitrogens with zero attached hydrogens (tertiary/aromatic N) is 4. The number of benzene rings is 1. The quantitative estimate of drug-likeness (QED) is 0.872. The monoisotopic (exact) mass is 300 g/mol. The Hall–Kier alpha value is -2.01. The summed E-state index contributed by atoms with van der Waals surface area (Å²) in [5.41, 5.74) is 1.65. The molecule has 0 radical (unpaired) electrons. The number of piperidine rings is 1. The van der Waals surface area contributed by atoms with Crippen molar-refractivity contribution in [3.05, 3.63) is 42.2 Å². The number of anilines is 1. The second kappa shape index (κ2) is 6.40. The van der Waals surface area contributed by atoms with Crippen LogP contribution in [0, 0.1) is 5.82 Å². The minimum atomic E-state index is -0.239. The molecule has 5 heteroatoms. The minimum Gasteiger partial charge on any atom is -0.354 e. The van der Waals surface area contributed by atoms with Gasteiger partial charge in [-0.2, -0.15) is 0 Å². The first-order valence-corrected chi connectivity index (χ1v) is 7.64. The van der Waals surface area contributed by atoms with E-state index in [2.05, 4.69) is 34.1 Å². The van der Waals surface area contributed by atoms with Crippen molar-refractivity contribution in [2.45, 2.75) is 18.9 Å². The molecule has 22 heavy (non-hydrogen) atoms. The molecule has 1 aliphatic rings. The van der Waals surface area contributed by atoms with Crippen LogP contribution >= 0.6 is 0 Å². The van der Waals surface area contributed by atoms with Crippen LogP contribution < -0.4 is 4.90 Å². The van der Waals surface area contributed by atoms with E-state index in [1.54, 1.807) is 12.1 Å². The fraction of sp³-hybridized carbons (Fsp3) is 0.412. The molecule has 1 aliphatic heterocycles. The van der Waals surface area contributed by atoms with E-state index >= 15 is 0 Å². The summed E-state index contributed by atoms with van der Waals surface area (Å²) in [6, 6.07) is 10.9. The summed E-state index contributed by atoms with van der Waals surface area (Å²) in [4.78, 5) is 4.56. The summed E-state index contributed by atoms with van der Waals surface area (Å²) < 4.78 is 13.0. The summed E-state index contributed by atoms with van der Waals surface area (Å²) in [5, 5.41) is 8.65. The van der Waals surface area contributed by atoms with Gasteiger partial charge in [0.15, 0.2) is 5.82 Å². The lowest BCUT2D eigenvalue weighted by atomic mass is 10.0. The predicted molar refractivity (Wildman–Crippen MR) is 86.3 cm³/mol. The predicted octanol–water partition coefficient (Wildman–Crippen LogP) is 2.81. The van der Waals surface area contributed by atoms with Crippen LogP contribution in [-0.2, 0) is 0 Å². The number of likely N-dealkylation sites (N-methyl/N-ethyl adjacent to an activating group) is 1. The fourth-order valence-corrected chi connectivity index (χ4v) is 2.85. The van der Waals surface area contributed by atoms with E-state index in [4.69, 9.17) is 0 Å². The zero-order valence-corrected chi connectivity index (χ0v) is 13.0. The Morgan fingerprint density at radius 2 is 1.86 bits per heavy atom. The third-order valence-electron chi connectivity index (χ3n) is 4.24. The number of halogens is 1. The van der Waals surface area contributed by atoms with E-state index in [1.807, 2.05) is 12.1 Å². The van der Waals surface area contributed by atoms with Gasteiger partial charge in [0.2, 0.25) is 0 Å². The van der Waals surface area contributed by atoms with Crippen molar-refractivity contribution in [3.8, 4) is 11.3 Å². The van der Waals surface area contributed by atoms with Crippen LogP contribution in [0.4, 0.5) is 10.2 Å². The summed E-state index contributed by atoms with van der Waals surface area (Å²) in [5.74, 6) is 0.675. The summed E-state index contributed by atoms with van der Waals surface area (Å²) in [6.45, 7) is 2.01. The normalized spacial score (nSPS) is 18.7. The average Bonchev–Trinajstić information content (AvgIpc) is 2.56. The Balaban J connectivity index is 1.75. The second-order valence-corrected chi connectivity index (χ2v) is 5.99. The third kappa shape index (κ3) is 3.25. The maximum atomic E-state index is 13.0. The Morgan fingerprint density at radius 1 is 1.09 bits per heavy atom. The average molecular weight is 300 g/mol. The lowest BCUT2D eigenvalue weighted by molar-refractivity contribution is 0.257. The van der Waals surface area contributed by atoms with Crippen molar-refractivity contribution in [1.29, 1.82) is 0 Å². The van der Waals surface area contributed by atoms with Gasteiger partial charge < -0.3 is 9.80 Å². The van der Waals surface area contributed by atoms with Crippen molar-refractivity contribution in [2.75, 3.05) is 32.1 Å². The smallest absolute Gasteiger partial charge is 0.151 e. The molecule has 1 atom stereocenters. The second-order valence-electron chi connectivity index (χ2n) is 5.99. The van der Waals surface area contributed by atoms with Gasteiger partial charge in [0.25, 0.3) is 0 Å². The van der Waals surface area contributed by atoms with Crippen molar-refractivity contribution >= 4 is 5.82 Å². The van der Waals surface area contributed by atoms with Crippen molar-refractivity contribution in [3.63, 3.8) is 0 Å². The van der Waals surface area contributed by atoms with E-state index in [0.717, 1.165) is 30.2 Å². The third-order valence-corrected chi connectivity index (χ3v) is 4.24. The number of hydrogen-bond donors (Lipinski definition) is 0. The zero-order chi connectivity index (χ0) is 15.5. The molecule has 1 fully saturated rings. The van der Waals surface area contributed by atoms with Crippen molar-refractivity contribution in [1.82, 2.24) is 15.1 Å². The lowest BCUT2D eigenvalue weighted by Crippen LogP contribution is -2.45. The van der Waals surface area contributed by atoms with Crippen LogP contribution in [0.3, 0.4) is 0 Å². The molecule has 0 bridgehead atoms. The first-order chi connectivity index (χ1) is 10.6. The first kappa shape index (κ1) is 14.9. The van der Waals surface area contributed by atoms with Gasteiger partial charge in [-0.3, -0.25) is 0 Å².